The predicted octanol–water partition coefficient (Wildman–Crippen LogP) is 1.47. The summed E-state index contributed by atoms with van der Waals surface area (Å²) in [5.74, 6) is 0. The van der Waals surface area contributed by atoms with E-state index in [0.29, 0.717) is 36.6 Å². The van der Waals surface area contributed by atoms with Gasteiger partial charge in [0.1, 0.15) is 0 Å². The van der Waals surface area contributed by atoms with Gasteiger partial charge in [-0.05, 0) is 34.0 Å². The molecule has 21 heavy (non-hydrogen) atoms. The fourth-order valence-corrected chi connectivity index (χ4v) is 3.89. The molecule has 4 unspecified atom stereocenters. The zero-order valence-corrected chi connectivity index (χ0v) is 12.7. The van der Waals surface area contributed by atoms with Gasteiger partial charge in [-0.2, -0.15) is 0 Å². The van der Waals surface area contributed by atoms with Crippen LogP contribution in [0, 0.1) is 3.57 Å². The topological polar surface area (TPSA) is 99.4 Å². The molecule has 2 aliphatic heterocycles. The Balaban J connectivity index is 2.22. The lowest BCUT2D eigenvalue weighted by Gasteiger charge is -2.33. The monoisotopic (exact) mass is 402 g/mol. The lowest BCUT2D eigenvalue weighted by molar-refractivity contribution is -0.222. The third-order valence-corrected chi connectivity index (χ3v) is 4.82. The van der Waals surface area contributed by atoms with Crippen LogP contribution in [0.1, 0.15) is 47.4 Å². The van der Waals surface area contributed by atoms with Gasteiger partial charge in [0.25, 0.3) is 0 Å². The molecule has 0 radical (unpaired) electrons. The second-order valence-corrected chi connectivity index (χ2v) is 6.20. The number of hydrogen-bond acceptors (Lipinski definition) is 6. The van der Waals surface area contributed by atoms with Crippen molar-refractivity contribution in [3.63, 3.8) is 0 Å². The van der Waals surface area contributed by atoms with Crippen molar-refractivity contribution in [2.24, 2.45) is 0 Å². The van der Waals surface area contributed by atoms with Crippen molar-refractivity contribution in [2.75, 3.05) is 0 Å². The highest BCUT2D eigenvalue weighted by molar-refractivity contribution is 14.1. The van der Waals surface area contributed by atoms with Crippen LogP contribution < -0.4 is 0 Å². The van der Waals surface area contributed by atoms with Gasteiger partial charge in [0.05, 0.1) is 0 Å². The first-order valence-electron chi connectivity index (χ1n) is 6.31. The molecule has 0 amide bonds. The molecule has 2 aliphatic rings. The maximum absolute atomic E-state index is 10.1. The molecule has 2 heterocycles. The Morgan fingerprint density at radius 1 is 0.762 bits per heavy atom. The highest BCUT2D eigenvalue weighted by atomic mass is 127. The van der Waals surface area contributed by atoms with Crippen LogP contribution in [0.2, 0.25) is 0 Å². The zero-order chi connectivity index (χ0) is 14.9. The number of aliphatic hydroxyl groups excluding tert-OH is 4. The second kappa shape index (κ2) is 4.59. The van der Waals surface area contributed by atoms with Gasteiger partial charge in [-0.3, -0.25) is 0 Å². The van der Waals surface area contributed by atoms with Crippen LogP contribution in [0.5, 0.6) is 0 Å². The molecule has 0 saturated heterocycles. The zero-order valence-electron chi connectivity index (χ0n) is 10.5. The molecule has 2 aromatic carbocycles. The first kappa shape index (κ1) is 13.8. The van der Waals surface area contributed by atoms with Crippen molar-refractivity contribution in [3.8, 4) is 0 Å². The van der Waals surface area contributed by atoms with E-state index in [1.807, 2.05) is 22.6 Å². The van der Waals surface area contributed by atoms with E-state index in [1.54, 1.807) is 18.2 Å². The molecule has 0 bridgehead atoms. The van der Waals surface area contributed by atoms with Crippen LogP contribution in [0.3, 0.4) is 0 Å². The van der Waals surface area contributed by atoms with Gasteiger partial charge >= 0.3 is 0 Å². The third-order valence-electron chi connectivity index (χ3n) is 3.93. The highest BCUT2D eigenvalue weighted by Gasteiger charge is 2.35. The van der Waals surface area contributed by atoms with Crippen LogP contribution in [-0.4, -0.2) is 20.4 Å². The summed E-state index contributed by atoms with van der Waals surface area (Å²) in [6.07, 6.45) is -5.04. The standard InChI is InChI=1S/C14H11IO6/c15-7-3-6-8-4(11(16)20-13(6)18)1-2-5-9(8)10(7)14(19)21-12(5)17/h1-3,11-14,16-19H. The summed E-state index contributed by atoms with van der Waals surface area (Å²) >= 11 is 2.03. The Kier molecular flexibility index (Phi) is 3.02. The maximum atomic E-state index is 10.1. The van der Waals surface area contributed by atoms with Crippen LogP contribution in [0.4, 0.5) is 0 Å². The Bertz CT molecular complexity index is 761. The SMILES string of the molecule is OC1OC(O)c2cc(I)c3c4c(ccc1c24)C(O)OC3O. The molecule has 0 fully saturated rings. The van der Waals surface area contributed by atoms with E-state index in [2.05, 4.69) is 0 Å². The Labute approximate surface area is 132 Å². The molecule has 2 aromatic rings. The van der Waals surface area contributed by atoms with Gasteiger partial charge in [0, 0.05) is 31.2 Å². The first-order valence-corrected chi connectivity index (χ1v) is 7.39. The molecule has 0 aromatic heterocycles. The number of aliphatic hydroxyl groups is 4. The number of ether oxygens (including phenoxy) is 2. The number of rotatable bonds is 0. The highest BCUT2D eigenvalue weighted by Crippen LogP contribution is 2.48. The largest absolute Gasteiger partial charge is 0.364 e. The Hall–Kier alpha value is -0.810. The molecule has 0 aliphatic carbocycles. The molecule has 0 spiro atoms. The molecule has 7 heteroatoms. The van der Waals surface area contributed by atoms with E-state index in [1.165, 1.54) is 0 Å². The molecule has 0 saturated carbocycles. The summed E-state index contributed by atoms with van der Waals surface area (Å²) in [5, 5.41) is 41.3. The van der Waals surface area contributed by atoms with Crippen molar-refractivity contribution in [1.29, 1.82) is 0 Å². The minimum Gasteiger partial charge on any atom is -0.364 e. The van der Waals surface area contributed by atoms with E-state index in [9.17, 15) is 20.4 Å². The normalized spacial score (nSPS) is 30.7. The number of halogens is 1. The van der Waals surface area contributed by atoms with Crippen LogP contribution >= 0.6 is 22.6 Å². The van der Waals surface area contributed by atoms with E-state index >= 15 is 0 Å². The smallest absolute Gasteiger partial charge is 0.186 e. The third kappa shape index (κ3) is 1.80. The minimum atomic E-state index is -1.26. The van der Waals surface area contributed by atoms with E-state index in [0.717, 1.165) is 0 Å². The van der Waals surface area contributed by atoms with Gasteiger partial charge in [-0.15, -0.1) is 0 Å². The molecule has 6 nitrogen and oxygen atoms in total. The van der Waals surface area contributed by atoms with Gasteiger partial charge < -0.3 is 29.9 Å². The summed E-state index contributed by atoms with van der Waals surface area (Å²) in [7, 11) is 0. The number of benzene rings is 2. The van der Waals surface area contributed by atoms with Crippen LogP contribution in [0.25, 0.3) is 10.8 Å². The Morgan fingerprint density at radius 2 is 1.29 bits per heavy atom. The van der Waals surface area contributed by atoms with Crippen LogP contribution in [-0.2, 0) is 9.47 Å². The van der Waals surface area contributed by atoms with Crippen LogP contribution in [0.15, 0.2) is 18.2 Å². The quantitative estimate of drug-likeness (QED) is 0.499. The lowest BCUT2D eigenvalue weighted by atomic mass is 9.88. The van der Waals surface area contributed by atoms with Crippen molar-refractivity contribution in [1.82, 2.24) is 0 Å². The number of hydrogen-bond donors (Lipinski definition) is 4. The second-order valence-electron chi connectivity index (χ2n) is 5.04. The predicted molar refractivity (Wildman–Crippen MR) is 78.7 cm³/mol. The molecule has 110 valence electrons. The molecule has 4 N–H and O–H groups in total. The van der Waals surface area contributed by atoms with Gasteiger partial charge in [0.2, 0.25) is 0 Å². The average Bonchev–Trinajstić information content (AvgIpc) is 2.42. The summed E-state index contributed by atoms with van der Waals surface area (Å²) < 4.78 is 10.9. The fourth-order valence-electron chi connectivity index (χ4n) is 3.02. The van der Waals surface area contributed by atoms with Gasteiger partial charge in [0.15, 0.2) is 25.2 Å². The summed E-state index contributed by atoms with van der Waals surface area (Å²) in [5.41, 5.74) is 2.02. The molecule has 4 rings (SSSR count). The molecular weight excluding hydrogens is 391 g/mol. The Morgan fingerprint density at radius 3 is 1.95 bits per heavy atom. The van der Waals surface area contributed by atoms with Gasteiger partial charge in [-0.1, -0.05) is 12.1 Å². The molecular formula is C14H11IO6. The summed E-state index contributed by atoms with van der Waals surface area (Å²) in [6, 6.07) is 4.94. The van der Waals surface area contributed by atoms with E-state index in [-0.39, 0.29) is 0 Å². The average molecular weight is 402 g/mol. The first-order chi connectivity index (χ1) is 9.99. The maximum Gasteiger partial charge on any atom is 0.186 e. The minimum absolute atomic E-state index is 0.494. The lowest BCUT2D eigenvalue weighted by Crippen LogP contribution is -2.22. The van der Waals surface area contributed by atoms with Crippen molar-refractivity contribution in [2.45, 2.75) is 25.2 Å². The van der Waals surface area contributed by atoms with E-state index in [4.69, 9.17) is 9.47 Å². The summed E-state index contributed by atoms with van der Waals surface area (Å²) in [6.45, 7) is 0. The van der Waals surface area contributed by atoms with E-state index < -0.39 is 25.2 Å². The van der Waals surface area contributed by atoms with Crippen molar-refractivity contribution >= 4 is 33.4 Å². The van der Waals surface area contributed by atoms with Crippen molar-refractivity contribution in [3.05, 3.63) is 44.0 Å². The van der Waals surface area contributed by atoms with Gasteiger partial charge in [-0.25, -0.2) is 0 Å². The van der Waals surface area contributed by atoms with Crippen molar-refractivity contribution < 1.29 is 29.9 Å². The molecule has 4 atom stereocenters. The fraction of sp³-hybridized carbons (Fsp3) is 0.286. The summed E-state index contributed by atoms with van der Waals surface area (Å²) in [4.78, 5) is 0.